The third kappa shape index (κ3) is 4.27. The van der Waals surface area contributed by atoms with Gasteiger partial charge in [-0.3, -0.25) is 4.79 Å². The Balaban J connectivity index is 1.79. The van der Waals surface area contributed by atoms with Crippen molar-refractivity contribution < 1.29 is 4.79 Å². The van der Waals surface area contributed by atoms with Gasteiger partial charge in [0.25, 0.3) is 5.91 Å². The second kappa shape index (κ2) is 7.54. The van der Waals surface area contributed by atoms with E-state index in [-0.39, 0.29) is 5.91 Å². The van der Waals surface area contributed by atoms with Crippen molar-refractivity contribution in [1.29, 1.82) is 0 Å². The minimum absolute atomic E-state index is 0.213. The smallest absolute Gasteiger partial charge is 0.271 e. The van der Waals surface area contributed by atoms with E-state index >= 15 is 0 Å². The normalized spacial score (nSPS) is 10.2. The summed E-state index contributed by atoms with van der Waals surface area (Å²) in [4.78, 5) is 16.0. The molecule has 0 fully saturated rings. The van der Waals surface area contributed by atoms with Crippen molar-refractivity contribution in [2.75, 3.05) is 18.4 Å². The molecular formula is C13H17N5OS. The van der Waals surface area contributed by atoms with E-state index in [0.717, 1.165) is 25.1 Å². The second-order valence-corrected chi connectivity index (χ2v) is 4.93. The predicted octanol–water partition coefficient (Wildman–Crippen LogP) is 1.73. The summed E-state index contributed by atoms with van der Waals surface area (Å²) in [6.07, 6.45) is 1.74. The van der Waals surface area contributed by atoms with E-state index < -0.39 is 0 Å². The van der Waals surface area contributed by atoms with Gasteiger partial charge in [-0.2, -0.15) is 0 Å². The summed E-state index contributed by atoms with van der Waals surface area (Å²) in [6.45, 7) is 3.46. The average Bonchev–Trinajstić information content (AvgIpc) is 2.99. The van der Waals surface area contributed by atoms with Gasteiger partial charge in [-0.05, 0) is 18.6 Å². The molecule has 0 unspecified atom stereocenters. The van der Waals surface area contributed by atoms with Crippen molar-refractivity contribution >= 4 is 23.1 Å². The molecule has 2 N–H and O–H groups in total. The maximum Gasteiger partial charge on any atom is 0.271 e. The third-order valence-electron chi connectivity index (χ3n) is 2.60. The molecule has 2 heterocycles. The number of carbonyl (C=O) groups excluding carboxylic acids is 1. The Hall–Kier alpha value is -2.02. The van der Waals surface area contributed by atoms with Crippen molar-refractivity contribution in [2.45, 2.75) is 19.8 Å². The van der Waals surface area contributed by atoms with Crippen LogP contribution >= 0.6 is 11.3 Å². The van der Waals surface area contributed by atoms with E-state index in [4.69, 9.17) is 0 Å². The number of nitrogens with zero attached hydrogens (tertiary/aromatic N) is 3. The number of aromatic nitrogens is 3. The quantitative estimate of drug-likeness (QED) is 0.812. The maximum absolute atomic E-state index is 11.8. The fraction of sp³-hybridized carbons (Fsp3) is 0.385. The Morgan fingerprint density at radius 2 is 2.20 bits per heavy atom. The fourth-order valence-electron chi connectivity index (χ4n) is 1.56. The van der Waals surface area contributed by atoms with Gasteiger partial charge in [0.2, 0.25) is 0 Å². The molecular weight excluding hydrogens is 274 g/mol. The van der Waals surface area contributed by atoms with Crippen LogP contribution in [0.3, 0.4) is 0 Å². The lowest BCUT2D eigenvalue weighted by molar-refractivity contribution is 0.0948. The maximum atomic E-state index is 11.8. The topological polar surface area (TPSA) is 79.8 Å². The molecule has 0 bridgehead atoms. The molecule has 1 amide bonds. The van der Waals surface area contributed by atoms with Crippen LogP contribution in [-0.2, 0) is 6.42 Å². The lowest BCUT2D eigenvalue weighted by Crippen LogP contribution is -2.26. The van der Waals surface area contributed by atoms with Crippen LogP contribution in [0, 0.1) is 0 Å². The minimum Gasteiger partial charge on any atom is -0.369 e. The zero-order chi connectivity index (χ0) is 14.2. The molecule has 0 saturated carbocycles. The number of hydrogen-bond acceptors (Lipinski definition) is 6. The van der Waals surface area contributed by atoms with Crippen LogP contribution in [0.5, 0.6) is 0 Å². The molecule has 0 radical (unpaired) electrons. The van der Waals surface area contributed by atoms with Crippen LogP contribution in [-0.4, -0.2) is 34.2 Å². The Labute approximate surface area is 121 Å². The molecule has 2 rings (SSSR count). The molecule has 2 aromatic rings. The summed E-state index contributed by atoms with van der Waals surface area (Å²) in [5.74, 6) is 0.473. The van der Waals surface area contributed by atoms with Gasteiger partial charge >= 0.3 is 0 Å². The largest absolute Gasteiger partial charge is 0.369 e. The molecule has 6 nitrogen and oxygen atoms in total. The van der Waals surface area contributed by atoms with Crippen molar-refractivity contribution in [2.24, 2.45) is 0 Å². The summed E-state index contributed by atoms with van der Waals surface area (Å²) < 4.78 is 0. The molecule has 106 valence electrons. The molecule has 2 aromatic heterocycles. The van der Waals surface area contributed by atoms with Crippen LogP contribution in [0.4, 0.5) is 5.82 Å². The number of hydrogen-bond donors (Lipinski definition) is 2. The first kappa shape index (κ1) is 14.4. The van der Waals surface area contributed by atoms with Crippen molar-refractivity contribution in [3.05, 3.63) is 34.4 Å². The van der Waals surface area contributed by atoms with Crippen molar-refractivity contribution in [3.8, 4) is 0 Å². The van der Waals surface area contributed by atoms with Gasteiger partial charge in [0.15, 0.2) is 5.69 Å². The highest BCUT2D eigenvalue weighted by atomic mass is 32.1. The van der Waals surface area contributed by atoms with Gasteiger partial charge in [-0.25, -0.2) is 4.98 Å². The third-order valence-corrected chi connectivity index (χ3v) is 3.24. The zero-order valence-corrected chi connectivity index (χ0v) is 12.1. The second-order valence-electron chi connectivity index (χ2n) is 4.22. The fourth-order valence-corrected chi connectivity index (χ4v) is 2.15. The first-order chi connectivity index (χ1) is 9.79. The molecule has 0 aliphatic rings. The Morgan fingerprint density at radius 1 is 1.30 bits per heavy atom. The van der Waals surface area contributed by atoms with Crippen molar-refractivity contribution in [1.82, 2.24) is 20.5 Å². The summed E-state index contributed by atoms with van der Waals surface area (Å²) in [6, 6.07) is 3.43. The first-order valence-corrected chi connectivity index (χ1v) is 7.46. The molecule has 7 heteroatoms. The molecule has 20 heavy (non-hydrogen) atoms. The highest BCUT2D eigenvalue weighted by Crippen LogP contribution is 2.03. The van der Waals surface area contributed by atoms with Gasteiger partial charge in [0.05, 0.1) is 11.2 Å². The van der Waals surface area contributed by atoms with Crippen molar-refractivity contribution in [3.63, 3.8) is 0 Å². The van der Waals surface area contributed by atoms with E-state index in [1.807, 2.05) is 5.38 Å². The predicted molar refractivity (Wildman–Crippen MR) is 79.0 cm³/mol. The summed E-state index contributed by atoms with van der Waals surface area (Å²) in [5, 5.41) is 15.8. The van der Waals surface area contributed by atoms with Gasteiger partial charge in [-0.1, -0.05) is 6.92 Å². The number of nitrogens with one attached hydrogen (secondary N) is 2. The number of rotatable bonds is 7. The molecule has 0 spiro atoms. The molecule has 0 aliphatic heterocycles. The van der Waals surface area contributed by atoms with Gasteiger partial charge in [0, 0.05) is 24.9 Å². The SMILES string of the molecule is CCCNc1ccc(C(=O)NCCc2cscn2)nn1. The molecule has 0 aromatic carbocycles. The number of thiazole rings is 1. The average molecular weight is 291 g/mol. The highest BCUT2D eigenvalue weighted by molar-refractivity contribution is 7.07. The Morgan fingerprint density at radius 3 is 2.85 bits per heavy atom. The van der Waals surface area contributed by atoms with E-state index in [1.54, 1.807) is 29.0 Å². The highest BCUT2D eigenvalue weighted by Gasteiger charge is 2.07. The van der Waals surface area contributed by atoms with Crippen LogP contribution in [0.1, 0.15) is 29.5 Å². The molecule has 0 atom stereocenters. The lowest BCUT2D eigenvalue weighted by Gasteiger charge is -2.05. The lowest BCUT2D eigenvalue weighted by atomic mass is 10.3. The Kier molecular flexibility index (Phi) is 5.43. The summed E-state index contributed by atoms with van der Waals surface area (Å²) in [5.41, 5.74) is 3.09. The van der Waals surface area contributed by atoms with Gasteiger partial charge in [0.1, 0.15) is 5.82 Å². The van der Waals surface area contributed by atoms with Crippen LogP contribution in [0.25, 0.3) is 0 Å². The number of amides is 1. The molecule has 0 saturated heterocycles. The van der Waals surface area contributed by atoms with Crippen LogP contribution in [0.2, 0.25) is 0 Å². The standard InChI is InChI=1S/C13H17N5OS/c1-2-6-14-12-4-3-11(17-18-12)13(19)15-7-5-10-8-20-9-16-10/h3-4,8-9H,2,5-7H2,1H3,(H,14,18)(H,15,19). The number of anilines is 1. The van der Waals surface area contributed by atoms with E-state index in [2.05, 4.69) is 32.7 Å². The summed E-state index contributed by atoms with van der Waals surface area (Å²) >= 11 is 1.55. The van der Waals surface area contributed by atoms with E-state index in [1.165, 1.54) is 0 Å². The van der Waals surface area contributed by atoms with E-state index in [9.17, 15) is 4.79 Å². The number of carbonyl (C=O) groups is 1. The molecule has 0 aliphatic carbocycles. The minimum atomic E-state index is -0.213. The van der Waals surface area contributed by atoms with Gasteiger partial charge in [-0.15, -0.1) is 21.5 Å². The Bertz CT molecular complexity index is 526. The van der Waals surface area contributed by atoms with Gasteiger partial charge < -0.3 is 10.6 Å². The zero-order valence-electron chi connectivity index (χ0n) is 11.3. The van der Waals surface area contributed by atoms with Crippen LogP contribution < -0.4 is 10.6 Å². The first-order valence-electron chi connectivity index (χ1n) is 6.52. The monoisotopic (exact) mass is 291 g/mol. The van der Waals surface area contributed by atoms with E-state index in [0.29, 0.717) is 18.1 Å². The van der Waals surface area contributed by atoms with Crippen LogP contribution in [0.15, 0.2) is 23.0 Å². The summed E-state index contributed by atoms with van der Waals surface area (Å²) in [7, 11) is 0.